The molecule has 0 aliphatic heterocycles. The Hall–Kier alpha value is -0.120. The van der Waals surface area contributed by atoms with Crippen molar-refractivity contribution in [1.29, 1.82) is 0 Å². The predicted molar refractivity (Wildman–Crippen MR) is 70.6 cm³/mol. The zero-order valence-corrected chi connectivity index (χ0v) is 11.5. The van der Waals surface area contributed by atoms with Gasteiger partial charge in [0.05, 0.1) is 5.69 Å². The summed E-state index contributed by atoms with van der Waals surface area (Å²) < 4.78 is 1.03. The lowest BCUT2D eigenvalue weighted by Gasteiger charge is -2.14. The van der Waals surface area contributed by atoms with Gasteiger partial charge in [-0.2, -0.15) is 0 Å². The van der Waals surface area contributed by atoms with E-state index in [4.69, 9.17) is 11.6 Å². The average molecular weight is 304 g/mol. The third-order valence-electron chi connectivity index (χ3n) is 3.18. The molecule has 0 radical (unpaired) electrons. The van der Waals surface area contributed by atoms with Crippen LogP contribution in [0.1, 0.15) is 25.0 Å². The Morgan fingerprint density at radius 3 is 2.81 bits per heavy atom. The Morgan fingerprint density at radius 2 is 2.25 bits per heavy atom. The van der Waals surface area contributed by atoms with Gasteiger partial charge in [0.15, 0.2) is 0 Å². The molecular formula is C12H16BrClN2. The molecule has 1 fully saturated rings. The Labute approximate surface area is 110 Å². The van der Waals surface area contributed by atoms with E-state index >= 15 is 0 Å². The van der Waals surface area contributed by atoms with Gasteiger partial charge in [-0.25, -0.2) is 0 Å². The molecule has 2 rings (SSSR count). The van der Waals surface area contributed by atoms with Crippen molar-refractivity contribution >= 4 is 27.5 Å². The summed E-state index contributed by atoms with van der Waals surface area (Å²) in [4.78, 5) is 4.33. The Kier molecular flexibility index (Phi) is 4.22. The normalized spacial score (nSPS) is 17.4. The monoisotopic (exact) mass is 302 g/mol. The van der Waals surface area contributed by atoms with Crippen LogP contribution in [0.3, 0.4) is 0 Å². The number of aromatic nitrogens is 1. The molecule has 1 N–H and O–H groups in total. The van der Waals surface area contributed by atoms with Gasteiger partial charge in [0, 0.05) is 29.6 Å². The predicted octanol–water partition coefficient (Wildman–Crippen LogP) is 3.34. The van der Waals surface area contributed by atoms with Crippen molar-refractivity contribution in [3.8, 4) is 0 Å². The first-order valence-electron chi connectivity index (χ1n) is 5.61. The van der Waals surface area contributed by atoms with Gasteiger partial charge in [0.25, 0.3) is 0 Å². The number of hydrogen-bond donors (Lipinski definition) is 1. The lowest BCUT2D eigenvalue weighted by Crippen LogP contribution is -2.24. The minimum Gasteiger partial charge on any atom is -0.311 e. The number of alkyl halides is 1. The molecule has 0 amide bonds. The smallest absolute Gasteiger partial charge is 0.0542 e. The van der Waals surface area contributed by atoms with Crippen molar-refractivity contribution in [2.24, 2.45) is 5.41 Å². The molecule has 0 aromatic carbocycles. The molecule has 1 aromatic rings. The molecule has 0 spiro atoms. The summed E-state index contributed by atoms with van der Waals surface area (Å²) >= 11 is 9.17. The SMILES string of the molecule is ClCCC1(CNCc2ccc(Br)cn2)CC1. The van der Waals surface area contributed by atoms with Crippen molar-refractivity contribution in [2.75, 3.05) is 12.4 Å². The van der Waals surface area contributed by atoms with E-state index in [1.165, 1.54) is 12.8 Å². The maximum absolute atomic E-state index is 5.79. The third-order valence-corrected chi connectivity index (χ3v) is 3.83. The van der Waals surface area contributed by atoms with Gasteiger partial charge in [0.1, 0.15) is 0 Å². The largest absolute Gasteiger partial charge is 0.311 e. The lowest BCUT2D eigenvalue weighted by atomic mass is 10.0. The molecule has 88 valence electrons. The minimum atomic E-state index is 0.497. The van der Waals surface area contributed by atoms with Gasteiger partial charge in [-0.15, -0.1) is 11.6 Å². The van der Waals surface area contributed by atoms with E-state index in [2.05, 4.69) is 26.2 Å². The van der Waals surface area contributed by atoms with Crippen molar-refractivity contribution in [1.82, 2.24) is 10.3 Å². The highest BCUT2D eigenvalue weighted by Crippen LogP contribution is 2.48. The second kappa shape index (κ2) is 5.48. The molecule has 1 aliphatic rings. The van der Waals surface area contributed by atoms with Gasteiger partial charge < -0.3 is 5.32 Å². The standard InChI is InChI=1S/C12H16BrClN2/c13-10-1-2-11(16-7-10)8-15-9-12(3-4-12)5-6-14/h1-2,7,15H,3-6,8-9H2. The molecule has 1 aromatic heterocycles. The molecular weight excluding hydrogens is 288 g/mol. The summed E-state index contributed by atoms with van der Waals surface area (Å²) in [5, 5.41) is 3.47. The summed E-state index contributed by atoms with van der Waals surface area (Å²) in [7, 11) is 0. The quantitative estimate of drug-likeness (QED) is 0.815. The van der Waals surface area contributed by atoms with Crippen LogP contribution in [0.15, 0.2) is 22.8 Å². The van der Waals surface area contributed by atoms with Gasteiger partial charge in [-0.3, -0.25) is 4.98 Å². The van der Waals surface area contributed by atoms with Crippen molar-refractivity contribution in [3.63, 3.8) is 0 Å². The molecule has 16 heavy (non-hydrogen) atoms. The fourth-order valence-electron chi connectivity index (χ4n) is 1.86. The highest BCUT2D eigenvalue weighted by molar-refractivity contribution is 9.10. The Balaban J connectivity index is 1.74. The van der Waals surface area contributed by atoms with Crippen LogP contribution in [0.5, 0.6) is 0 Å². The fourth-order valence-corrected chi connectivity index (χ4v) is 2.49. The first-order chi connectivity index (χ1) is 7.74. The molecule has 1 heterocycles. The number of nitrogens with zero attached hydrogens (tertiary/aromatic N) is 1. The van der Waals surface area contributed by atoms with Crippen LogP contribution < -0.4 is 5.32 Å². The maximum atomic E-state index is 5.79. The van der Waals surface area contributed by atoms with Crippen LogP contribution in [0.2, 0.25) is 0 Å². The molecule has 4 heteroatoms. The zero-order chi connectivity index (χ0) is 11.4. The van der Waals surface area contributed by atoms with Crippen LogP contribution in [0.4, 0.5) is 0 Å². The molecule has 1 saturated carbocycles. The first kappa shape index (κ1) is 12.3. The number of rotatable bonds is 6. The van der Waals surface area contributed by atoms with Gasteiger partial charge in [-0.1, -0.05) is 0 Å². The van der Waals surface area contributed by atoms with E-state index in [1.54, 1.807) is 0 Å². The van der Waals surface area contributed by atoms with Crippen LogP contribution >= 0.6 is 27.5 Å². The molecule has 2 nitrogen and oxygen atoms in total. The molecule has 0 unspecified atom stereocenters. The van der Waals surface area contributed by atoms with Crippen LogP contribution in [0, 0.1) is 5.41 Å². The number of pyridine rings is 1. The van der Waals surface area contributed by atoms with Crippen molar-refractivity contribution in [2.45, 2.75) is 25.8 Å². The highest BCUT2D eigenvalue weighted by Gasteiger charge is 2.40. The highest BCUT2D eigenvalue weighted by atomic mass is 79.9. The molecule has 0 atom stereocenters. The number of halogens is 2. The maximum Gasteiger partial charge on any atom is 0.0542 e. The zero-order valence-electron chi connectivity index (χ0n) is 9.18. The number of nitrogens with one attached hydrogen (secondary N) is 1. The Morgan fingerprint density at radius 1 is 1.44 bits per heavy atom. The summed E-state index contributed by atoms with van der Waals surface area (Å²) in [6.45, 7) is 1.91. The van der Waals surface area contributed by atoms with Crippen molar-refractivity contribution in [3.05, 3.63) is 28.5 Å². The Bertz CT molecular complexity index is 335. The second-order valence-corrected chi connectivity index (χ2v) is 5.80. The second-order valence-electron chi connectivity index (χ2n) is 4.51. The first-order valence-corrected chi connectivity index (χ1v) is 6.94. The molecule has 0 saturated heterocycles. The lowest BCUT2D eigenvalue weighted by molar-refractivity contribution is 0.444. The van der Waals surface area contributed by atoms with E-state index in [1.807, 2.05) is 18.3 Å². The van der Waals surface area contributed by atoms with E-state index in [-0.39, 0.29) is 0 Å². The topological polar surface area (TPSA) is 24.9 Å². The van der Waals surface area contributed by atoms with Gasteiger partial charge in [0.2, 0.25) is 0 Å². The third kappa shape index (κ3) is 3.44. The van der Waals surface area contributed by atoms with E-state index < -0.39 is 0 Å². The fraction of sp³-hybridized carbons (Fsp3) is 0.583. The average Bonchev–Trinajstić information content (AvgIpc) is 3.02. The summed E-state index contributed by atoms with van der Waals surface area (Å²) in [6.07, 6.45) is 5.61. The molecule has 0 bridgehead atoms. The summed E-state index contributed by atoms with van der Waals surface area (Å²) in [6, 6.07) is 4.06. The van der Waals surface area contributed by atoms with Crippen LogP contribution in [-0.2, 0) is 6.54 Å². The van der Waals surface area contributed by atoms with Crippen LogP contribution in [0.25, 0.3) is 0 Å². The van der Waals surface area contributed by atoms with Crippen molar-refractivity contribution < 1.29 is 0 Å². The van der Waals surface area contributed by atoms with E-state index in [0.717, 1.165) is 35.6 Å². The van der Waals surface area contributed by atoms with E-state index in [9.17, 15) is 0 Å². The van der Waals surface area contributed by atoms with E-state index in [0.29, 0.717) is 5.41 Å². The van der Waals surface area contributed by atoms with Gasteiger partial charge in [-0.05, 0) is 52.7 Å². The van der Waals surface area contributed by atoms with Crippen LogP contribution in [-0.4, -0.2) is 17.4 Å². The summed E-state index contributed by atoms with van der Waals surface area (Å²) in [5.41, 5.74) is 1.58. The van der Waals surface area contributed by atoms with Gasteiger partial charge >= 0.3 is 0 Å². The minimum absolute atomic E-state index is 0.497. The summed E-state index contributed by atoms with van der Waals surface area (Å²) in [5.74, 6) is 0.776. The number of hydrogen-bond acceptors (Lipinski definition) is 2. The molecule has 1 aliphatic carbocycles.